The van der Waals surface area contributed by atoms with Gasteiger partial charge in [0.25, 0.3) is 10.2 Å². The molecule has 110 valence electrons. The second-order valence-electron chi connectivity index (χ2n) is 5.96. The highest BCUT2D eigenvalue weighted by atomic mass is 35.5. The number of hydrogen-bond donors (Lipinski definition) is 2. The Balaban J connectivity index is 0.00000289. The molecule has 0 aromatic heterocycles. The summed E-state index contributed by atoms with van der Waals surface area (Å²) in [5.41, 5.74) is 4.96. The van der Waals surface area contributed by atoms with Crippen molar-refractivity contribution >= 4 is 22.6 Å². The number of piperidine rings is 1. The van der Waals surface area contributed by atoms with E-state index in [2.05, 4.69) is 18.6 Å². The molecular formula is C11H26ClN3O2S. The van der Waals surface area contributed by atoms with Gasteiger partial charge in [0.2, 0.25) is 0 Å². The van der Waals surface area contributed by atoms with Crippen LogP contribution in [0.5, 0.6) is 0 Å². The molecule has 3 N–H and O–H groups in total. The maximum absolute atomic E-state index is 12.2. The van der Waals surface area contributed by atoms with Crippen molar-refractivity contribution in [2.24, 2.45) is 17.6 Å². The summed E-state index contributed by atoms with van der Waals surface area (Å²) in [6, 6.07) is 0. The fourth-order valence-corrected chi connectivity index (χ4v) is 4.07. The van der Waals surface area contributed by atoms with Crippen LogP contribution in [0.25, 0.3) is 0 Å². The van der Waals surface area contributed by atoms with E-state index < -0.39 is 15.7 Å². The van der Waals surface area contributed by atoms with Crippen molar-refractivity contribution in [3.05, 3.63) is 0 Å². The van der Waals surface area contributed by atoms with Gasteiger partial charge >= 0.3 is 0 Å². The summed E-state index contributed by atoms with van der Waals surface area (Å²) in [7, 11) is -3.42. The Morgan fingerprint density at radius 2 is 1.72 bits per heavy atom. The summed E-state index contributed by atoms with van der Waals surface area (Å²) < 4.78 is 28.6. The van der Waals surface area contributed by atoms with Crippen LogP contribution in [-0.4, -0.2) is 37.9 Å². The largest absolute Gasteiger partial charge is 0.329 e. The third-order valence-electron chi connectivity index (χ3n) is 3.09. The second-order valence-corrected chi connectivity index (χ2v) is 7.63. The minimum atomic E-state index is -3.42. The lowest BCUT2D eigenvalue weighted by Gasteiger charge is -2.36. The molecule has 0 amide bonds. The van der Waals surface area contributed by atoms with E-state index in [0.29, 0.717) is 24.9 Å². The summed E-state index contributed by atoms with van der Waals surface area (Å²) in [5.74, 6) is 0.827. The molecule has 1 aliphatic rings. The van der Waals surface area contributed by atoms with Crippen molar-refractivity contribution in [2.75, 3.05) is 19.6 Å². The highest BCUT2D eigenvalue weighted by Gasteiger charge is 2.33. The van der Waals surface area contributed by atoms with Gasteiger partial charge in [0.05, 0.1) is 0 Å². The molecule has 1 rings (SSSR count). The van der Waals surface area contributed by atoms with Gasteiger partial charge in [0, 0.05) is 25.2 Å². The van der Waals surface area contributed by atoms with Gasteiger partial charge in [-0.3, -0.25) is 0 Å². The van der Waals surface area contributed by atoms with Crippen molar-refractivity contribution in [3.8, 4) is 0 Å². The Hall–Kier alpha value is 0.120. The summed E-state index contributed by atoms with van der Waals surface area (Å²) in [5, 5.41) is 0. The molecule has 0 saturated carbocycles. The molecule has 7 heteroatoms. The summed E-state index contributed by atoms with van der Waals surface area (Å²) >= 11 is 0. The number of nitrogens with one attached hydrogen (secondary N) is 1. The molecule has 1 saturated heterocycles. The second kappa shape index (κ2) is 6.52. The normalized spacial score (nSPS) is 26.7. The van der Waals surface area contributed by atoms with Crippen LogP contribution < -0.4 is 10.5 Å². The quantitative estimate of drug-likeness (QED) is 0.812. The van der Waals surface area contributed by atoms with E-state index in [1.165, 1.54) is 0 Å². The number of rotatable bonds is 4. The summed E-state index contributed by atoms with van der Waals surface area (Å²) in [6.45, 7) is 9.24. The number of halogens is 1. The van der Waals surface area contributed by atoms with Crippen LogP contribution in [0.2, 0.25) is 0 Å². The average Bonchev–Trinajstić information content (AvgIpc) is 2.14. The third kappa shape index (κ3) is 5.01. The monoisotopic (exact) mass is 299 g/mol. The third-order valence-corrected chi connectivity index (χ3v) is 4.88. The molecule has 2 unspecified atom stereocenters. The van der Waals surface area contributed by atoms with Crippen molar-refractivity contribution in [3.63, 3.8) is 0 Å². The lowest BCUT2D eigenvalue weighted by atomic mass is 9.94. The predicted molar refractivity (Wildman–Crippen MR) is 77.0 cm³/mol. The Kier molecular flexibility index (Phi) is 6.56. The van der Waals surface area contributed by atoms with E-state index in [0.717, 1.165) is 6.42 Å². The van der Waals surface area contributed by atoms with Crippen LogP contribution in [0, 0.1) is 11.8 Å². The fourth-order valence-electron chi connectivity index (χ4n) is 2.26. The number of hydrogen-bond acceptors (Lipinski definition) is 3. The van der Waals surface area contributed by atoms with Gasteiger partial charge in [0.15, 0.2) is 0 Å². The molecule has 0 radical (unpaired) electrons. The zero-order valence-electron chi connectivity index (χ0n) is 11.6. The van der Waals surface area contributed by atoms with E-state index in [1.807, 2.05) is 0 Å². The van der Waals surface area contributed by atoms with Gasteiger partial charge in [-0.25, -0.2) is 0 Å². The maximum atomic E-state index is 12.2. The van der Waals surface area contributed by atoms with E-state index in [1.54, 1.807) is 18.2 Å². The van der Waals surface area contributed by atoms with Gasteiger partial charge in [-0.1, -0.05) is 13.8 Å². The first-order valence-electron chi connectivity index (χ1n) is 6.15. The molecule has 0 aliphatic carbocycles. The lowest BCUT2D eigenvalue weighted by Crippen LogP contribution is -2.56. The van der Waals surface area contributed by atoms with Gasteiger partial charge in [0.1, 0.15) is 0 Å². The highest BCUT2D eigenvalue weighted by Crippen LogP contribution is 2.23. The first-order chi connectivity index (χ1) is 7.66. The van der Waals surface area contributed by atoms with E-state index in [-0.39, 0.29) is 19.0 Å². The van der Waals surface area contributed by atoms with Crippen molar-refractivity contribution in [1.82, 2.24) is 9.03 Å². The molecule has 0 aromatic rings. The first kappa shape index (κ1) is 18.1. The number of nitrogens with zero attached hydrogens (tertiary/aromatic N) is 1. The smallest absolute Gasteiger partial charge is 0.279 e. The maximum Gasteiger partial charge on any atom is 0.279 e. The molecule has 2 atom stereocenters. The van der Waals surface area contributed by atoms with Gasteiger partial charge < -0.3 is 5.73 Å². The van der Waals surface area contributed by atoms with Crippen LogP contribution >= 0.6 is 12.4 Å². The molecule has 0 aromatic carbocycles. The van der Waals surface area contributed by atoms with Gasteiger partial charge in [-0.05, 0) is 32.1 Å². The zero-order valence-corrected chi connectivity index (χ0v) is 13.3. The predicted octanol–water partition coefficient (Wildman–Crippen LogP) is 0.958. The van der Waals surface area contributed by atoms with Crippen LogP contribution in [-0.2, 0) is 10.2 Å². The van der Waals surface area contributed by atoms with E-state index in [9.17, 15) is 8.42 Å². The van der Waals surface area contributed by atoms with Crippen LogP contribution in [0.15, 0.2) is 0 Å². The Morgan fingerprint density at radius 1 is 1.28 bits per heavy atom. The van der Waals surface area contributed by atoms with Crippen molar-refractivity contribution < 1.29 is 8.42 Å². The average molecular weight is 300 g/mol. The first-order valence-corrected chi connectivity index (χ1v) is 7.59. The molecule has 5 nitrogen and oxygen atoms in total. The van der Waals surface area contributed by atoms with Crippen LogP contribution in [0.4, 0.5) is 0 Å². The summed E-state index contributed by atoms with van der Waals surface area (Å²) in [4.78, 5) is 0. The molecule has 1 aliphatic heterocycles. The van der Waals surface area contributed by atoms with Crippen LogP contribution in [0.3, 0.4) is 0 Å². The van der Waals surface area contributed by atoms with E-state index >= 15 is 0 Å². The molecule has 18 heavy (non-hydrogen) atoms. The van der Waals surface area contributed by atoms with Gasteiger partial charge in [-0.15, -0.1) is 12.4 Å². The standard InChI is InChI=1S/C11H25N3O2S.ClH/c1-9-5-10(2)7-14(6-9)17(15,16)13-11(3,4)8-12;/h9-10,13H,5-8,12H2,1-4H3;1H. The van der Waals surface area contributed by atoms with Crippen LogP contribution in [0.1, 0.15) is 34.1 Å². The minimum Gasteiger partial charge on any atom is -0.329 e. The van der Waals surface area contributed by atoms with E-state index in [4.69, 9.17) is 5.73 Å². The Bertz CT molecular complexity index is 349. The van der Waals surface area contributed by atoms with Crippen molar-refractivity contribution in [1.29, 1.82) is 0 Å². The topological polar surface area (TPSA) is 75.4 Å². The number of nitrogens with two attached hydrogens (primary N) is 1. The van der Waals surface area contributed by atoms with Gasteiger partial charge in [-0.2, -0.15) is 17.4 Å². The Labute approximate surface area is 117 Å². The highest BCUT2D eigenvalue weighted by molar-refractivity contribution is 7.87. The molecular weight excluding hydrogens is 274 g/mol. The molecule has 0 bridgehead atoms. The SMILES string of the molecule is CC1CC(C)CN(S(=O)(=O)NC(C)(C)CN)C1.Cl. The fraction of sp³-hybridized carbons (Fsp3) is 1.00. The molecule has 1 fully saturated rings. The van der Waals surface area contributed by atoms with Crippen molar-refractivity contribution in [2.45, 2.75) is 39.7 Å². The molecule has 1 heterocycles. The molecule has 0 spiro atoms. The summed E-state index contributed by atoms with van der Waals surface area (Å²) in [6.07, 6.45) is 1.09. The lowest BCUT2D eigenvalue weighted by molar-refractivity contribution is 0.218. The minimum absolute atomic E-state index is 0. The Morgan fingerprint density at radius 3 is 2.11 bits per heavy atom. The zero-order chi connectivity index (χ0) is 13.3.